The van der Waals surface area contributed by atoms with Gasteiger partial charge in [-0.15, -0.1) is 0 Å². The van der Waals surface area contributed by atoms with Crippen LogP contribution in [0.5, 0.6) is 5.75 Å². The fourth-order valence-electron chi connectivity index (χ4n) is 1.89. The topological polar surface area (TPSA) is 65.0 Å². The first-order valence-corrected chi connectivity index (χ1v) is 6.72. The van der Waals surface area contributed by atoms with E-state index in [4.69, 9.17) is 4.74 Å². The van der Waals surface area contributed by atoms with Gasteiger partial charge in [-0.3, -0.25) is 15.2 Å². The van der Waals surface area contributed by atoms with Crippen LogP contribution in [0, 0.1) is 0 Å². The lowest BCUT2D eigenvalue weighted by Gasteiger charge is -2.28. The smallest absolute Gasteiger partial charge is 0.208 e. The predicted molar refractivity (Wildman–Crippen MR) is 85.2 cm³/mol. The molecular weight excluding hydrogens is 282 g/mol. The highest BCUT2D eigenvalue weighted by Gasteiger charge is 2.21. The van der Waals surface area contributed by atoms with Gasteiger partial charge in [-0.25, -0.2) is 0 Å². The molecule has 0 spiro atoms. The van der Waals surface area contributed by atoms with Crippen molar-refractivity contribution in [1.82, 2.24) is 10.3 Å². The molecule has 1 aliphatic heterocycles. The summed E-state index contributed by atoms with van der Waals surface area (Å²) in [5.41, 5.74) is 3.73. The number of hydrazine groups is 1. The molecule has 0 aromatic heterocycles. The zero-order chi connectivity index (χ0) is 16.1. The second-order valence-corrected chi connectivity index (χ2v) is 4.87. The van der Waals surface area contributed by atoms with Crippen LogP contribution in [0.4, 0.5) is 5.69 Å². The third-order valence-corrected chi connectivity index (χ3v) is 2.99. The molecule has 2 N–H and O–H groups in total. The number of nitrogens with zero attached hydrogens (tertiary/aromatic N) is 2. The van der Waals surface area contributed by atoms with E-state index >= 15 is 0 Å². The first-order valence-electron chi connectivity index (χ1n) is 6.72. The van der Waals surface area contributed by atoms with E-state index in [0.717, 1.165) is 5.69 Å². The van der Waals surface area contributed by atoms with Crippen molar-refractivity contribution >= 4 is 11.5 Å². The van der Waals surface area contributed by atoms with E-state index in [-0.39, 0.29) is 17.2 Å². The van der Waals surface area contributed by atoms with Crippen molar-refractivity contribution in [3.8, 4) is 5.75 Å². The molecule has 1 aromatic carbocycles. The van der Waals surface area contributed by atoms with Crippen LogP contribution in [0.25, 0.3) is 0 Å². The number of carbonyl (C=O) groups excluding carboxylic acids is 1. The summed E-state index contributed by atoms with van der Waals surface area (Å²) in [5, 5.41) is 11.7. The average Bonchev–Trinajstić information content (AvgIpc) is 2.53. The summed E-state index contributed by atoms with van der Waals surface area (Å²) in [4.78, 5) is 13.7. The van der Waals surface area contributed by atoms with Crippen molar-refractivity contribution in [1.29, 1.82) is 0 Å². The second-order valence-electron chi connectivity index (χ2n) is 4.87. The van der Waals surface area contributed by atoms with Crippen molar-refractivity contribution in [3.63, 3.8) is 0 Å². The highest BCUT2D eigenvalue weighted by molar-refractivity contribution is 6.05. The number of benzene rings is 1. The molecule has 0 aliphatic carbocycles. The maximum atomic E-state index is 11.9. The lowest BCUT2D eigenvalue weighted by Crippen LogP contribution is -2.39. The number of para-hydroxylation sites is 2. The Kier molecular flexibility index (Phi) is 4.73. The number of hydrogen-bond acceptors (Lipinski definition) is 6. The van der Waals surface area contributed by atoms with Crippen LogP contribution in [0.2, 0.25) is 0 Å². The van der Waals surface area contributed by atoms with Crippen LogP contribution in [0.3, 0.4) is 0 Å². The van der Waals surface area contributed by atoms with Gasteiger partial charge in [0.1, 0.15) is 22.9 Å². The van der Waals surface area contributed by atoms with Crippen LogP contribution >= 0.6 is 0 Å². The molecule has 6 nitrogen and oxygen atoms in total. The first-order chi connectivity index (χ1) is 10.5. The molecular formula is C16H19N3O3. The maximum absolute atomic E-state index is 11.9. The fourth-order valence-corrected chi connectivity index (χ4v) is 1.89. The monoisotopic (exact) mass is 301 g/mol. The molecule has 2 rings (SSSR count). The van der Waals surface area contributed by atoms with Crippen LogP contribution in [0.1, 0.15) is 0 Å². The summed E-state index contributed by atoms with van der Waals surface area (Å²) in [6, 6.07) is 7.38. The third kappa shape index (κ3) is 3.41. The Morgan fingerprint density at radius 1 is 1.36 bits per heavy atom. The molecule has 1 aromatic rings. The van der Waals surface area contributed by atoms with Gasteiger partial charge in [-0.05, 0) is 18.2 Å². The number of aliphatic hydroxyl groups is 1. The summed E-state index contributed by atoms with van der Waals surface area (Å²) in [6.45, 7) is 0. The van der Waals surface area contributed by atoms with Crippen molar-refractivity contribution in [2.75, 3.05) is 26.2 Å². The first kappa shape index (κ1) is 15.5. The van der Waals surface area contributed by atoms with Gasteiger partial charge in [-0.2, -0.15) is 0 Å². The maximum Gasteiger partial charge on any atom is 0.208 e. The zero-order valence-electron chi connectivity index (χ0n) is 12.8. The van der Waals surface area contributed by atoms with Crippen LogP contribution in [-0.4, -0.2) is 37.0 Å². The molecule has 0 bridgehead atoms. The number of aliphatic hydroxyl groups excluding tert-OH is 1. The van der Waals surface area contributed by atoms with Crippen molar-refractivity contribution < 1.29 is 14.6 Å². The summed E-state index contributed by atoms with van der Waals surface area (Å²) in [7, 11) is 5.23. The molecule has 1 heterocycles. The van der Waals surface area contributed by atoms with E-state index in [1.807, 2.05) is 38.4 Å². The Morgan fingerprint density at radius 3 is 2.77 bits per heavy atom. The fraction of sp³-hybridized carbons (Fsp3) is 0.188. The second kappa shape index (κ2) is 6.71. The van der Waals surface area contributed by atoms with Crippen LogP contribution in [-0.2, 0) is 4.79 Å². The predicted octanol–water partition coefficient (Wildman–Crippen LogP) is 1.95. The molecule has 1 aliphatic rings. The number of carbonyl (C=O) groups is 1. The zero-order valence-corrected chi connectivity index (χ0v) is 12.8. The standard InChI is InChI=1S/C16H19N3O3/c1-18(2)10-8-13(20)16-14(21)9-11-19(17-16)12-6-4-5-7-15(12)22-3/h4-11,17,20H,1-3H3/b10-8+,16-13?. The minimum Gasteiger partial charge on any atom is -0.506 e. The van der Waals surface area contributed by atoms with Gasteiger partial charge >= 0.3 is 0 Å². The lowest BCUT2D eigenvalue weighted by atomic mass is 10.2. The summed E-state index contributed by atoms with van der Waals surface area (Å²) in [6.07, 6.45) is 6.09. The van der Waals surface area contributed by atoms with Crippen LogP contribution in [0.15, 0.2) is 60.3 Å². The van der Waals surface area contributed by atoms with Gasteiger partial charge < -0.3 is 14.7 Å². The van der Waals surface area contributed by atoms with E-state index in [0.29, 0.717) is 5.75 Å². The third-order valence-electron chi connectivity index (χ3n) is 2.99. The number of ether oxygens (including phenoxy) is 1. The number of nitrogens with one attached hydrogen (secondary N) is 1. The quantitative estimate of drug-likeness (QED) is 0.654. The van der Waals surface area contributed by atoms with Crippen molar-refractivity contribution in [3.05, 3.63) is 60.3 Å². The van der Waals surface area contributed by atoms with Gasteiger partial charge in [0.15, 0.2) is 0 Å². The Balaban J connectivity index is 2.33. The van der Waals surface area contributed by atoms with E-state index < -0.39 is 0 Å². The number of allylic oxidation sites excluding steroid dienone is 2. The molecule has 6 heteroatoms. The van der Waals surface area contributed by atoms with Gasteiger partial charge in [0.2, 0.25) is 5.78 Å². The molecule has 0 amide bonds. The molecule has 0 fully saturated rings. The number of ketones is 1. The van der Waals surface area contributed by atoms with Crippen LogP contribution < -0.4 is 15.2 Å². The summed E-state index contributed by atoms with van der Waals surface area (Å²) < 4.78 is 5.30. The SMILES string of the molecule is COc1ccccc1N1C=CC(=O)C(=C(O)/C=C/N(C)C)N1. The molecule has 0 saturated carbocycles. The highest BCUT2D eigenvalue weighted by atomic mass is 16.5. The van der Waals surface area contributed by atoms with Gasteiger partial charge in [-0.1, -0.05) is 12.1 Å². The molecule has 0 atom stereocenters. The number of anilines is 1. The van der Waals surface area contributed by atoms with E-state index in [2.05, 4.69) is 5.43 Å². The normalized spacial score (nSPS) is 16.7. The van der Waals surface area contributed by atoms with E-state index in [1.165, 1.54) is 12.2 Å². The average molecular weight is 301 g/mol. The molecule has 22 heavy (non-hydrogen) atoms. The summed E-state index contributed by atoms with van der Waals surface area (Å²) >= 11 is 0. The van der Waals surface area contributed by atoms with Crippen molar-refractivity contribution in [2.24, 2.45) is 0 Å². The van der Waals surface area contributed by atoms with Gasteiger partial charge in [0.05, 0.1) is 7.11 Å². The van der Waals surface area contributed by atoms with Gasteiger partial charge in [0.25, 0.3) is 0 Å². The Bertz CT molecular complexity index is 648. The summed E-state index contributed by atoms with van der Waals surface area (Å²) in [5.74, 6) is 0.215. The Hall–Kier alpha value is -2.89. The number of hydrogen-bond donors (Lipinski definition) is 2. The van der Waals surface area contributed by atoms with E-state index in [1.54, 1.807) is 29.4 Å². The largest absolute Gasteiger partial charge is 0.506 e. The molecule has 0 unspecified atom stereocenters. The number of rotatable bonds is 4. The Morgan fingerprint density at radius 2 is 2.09 bits per heavy atom. The minimum absolute atomic E-state index is 0.103. The Labute approximate surface area is 129 Å². The number of methoxy groups -OCH3 is 1. The van der Waals surface area contributed by atoms with E-state index in [9.17, 15) is 9.90 Å². The van der Waals surface area contributed by atoms with Gasteiger partial charge in [0, 0.05) is 32.6 Å². The minimum atomic E-state index is -0.299. The highest BCUT2D eigenvalue weighted by Crippen LogP contribution is 2.28. The molecule has 0 radical (unpaired) electrons. The molecule has 116 valence electrons. The lowest BCUT2D eigenvalue weighted by molar-refractivity contribution is -0.112. The molecule has 0 saturated heterocycles. The van der Waals surface area contributed by atoms with Crippen molar-refractivity contribution in [2.45, 2.75) is 0 Å².